The third-order valence-corrected chi connectivity index (χ3v) is 6.17. The number of benzene rings is 3. The van der Waals surface area contributed by atoms with E-state index in [9.17, 15) is 9.59 Å². The molecule has 0 atom stereocenters. The molecule has 1 heterocycles. The van der Waals surface area contributed by atoms with Gasteiger partial charge in [-0.2, -0.15) is 0 Å². The molecule has 0 aromatic heterocycles. The van der Waals surface area contributed by atoms with Crippen molar-refractivity contribution in [3.63, 3.8) is 0 Å². The van der Waals surface area contributed by atoms with Crippen molar-refractivity contribution >= 4 is 40.4 Å². The van der Waals surface area contributed by atoms with Gasteiger partial charge >= 0.3 is 0 Å². The van der Waals surface area contributed by atoms with Crippen molar-refractivity contribution in [1.29, 1.82) is 0 Å². The molecule has 3 aromatic rings. The zero-order valence-corrected chi connectivity index (χ0v) is 19.6. The lowest BCUT2D eigenvalue weighted by Crippen LogP contribution is -2.32. The lowest BCUT2D eigenvalue weighted by Gasteiger charge is -2.17. The first-order valence-electron chi connectivity index (χ1n) is 10.5. The highest BCUT2D eigenvalue weighted by atomic mass is 35.5. The topological polar surface area (TPSA) is 49.4 Å². The zero-order chi connectivity index (χ0) is 23.2. The second kappa shape index (κ2) is 8.29. The van der Waals surface area contributed by atoms with Gasteiger partial charge in [0.2, 0.25) is 0 Å². The number of rotatable bonds is 4. The van der Waals surface area contributed by atoms with E-state index in [-0.39, 0.29) is 17.5 Å². The maximum Gasteiger partial charge on any atom is 0.282 e. The Labute approximate surface area is 193 Å². The maximum atomic E-state index is 13.7. The molecule has 0 radical (unpaired) electrons. The molecule has 0 spiro atoms. The summed E-state index contributed by atoms with van der Waals surface area (Å²) in [5.41, 5.74) is 7.73. The highest BCUT2D eigenvalue weighted by Crippen LogP contribution is 2.36. The van der Waals surface area contributed by atoms with E-state index in [0.717, 1.165) is 39.1 Å². The molecule has 162 valence electrons. The molecule has 0 unspecified atom stereocenters. The Balaban J connectivity index is 1.88. The van der Waals surface area contributed by atoms with Crippen molar-refractivity contribution < 1.29 is 9.59 Å². The van der Waals surface area contributed by atoms with E-state index in [2.05, 4.69) is 5.32 Å². The minimum absolute atomic E-state index is 0.269. The Bertz CT molecular complexity index is 1310. The van der Waals surface area contributed by atoms with Crippen molar-refractivity contribution in [3.05, 3.63) is 98.7 Å². The average molecular weight is 445 g/mol. The average Bonchev–Trinajstić information content (AvgIpc) is 2.96. The summed E-state index contributed by atoms with van der Waals surface area (Å²) in [5, 5.41) is 3.85. The van der Waals surface area contributed by atoms with Crippen molar-refractivity contribution in [2.24, 2.45) is 0 Å². The number of hydrogen-bond donors (Lipinski definition) is 1. The van der Waals surface area contributed by atoms with Gasteiger partial charge in [0.1, 0.15) is 5.70 Å². The Morgan fingerprint density at radius 2 is 1.47 bits per heavy atom. The quantitative estimate of drug-likeness (QED) is 0.482. The summed E-state index contributed by atoms with van der Waals surface area (Å²) in [6, 6.07) is 16.9. The van der Waals surface area contributed by atoms with Gasteiger partial charge in [0, 0.05) is 10.7 Å². The SMILES string of the molecule is Cc1ccc(C2=C(Nc3ccc(Cl)cc3C)C(=O)N(c3ccc(C)c(C)c3)C2=O)c(C)c1. The highest BCUT2D eigenvalue weighted by molar-refractivity contribution is 6.46. The zero-order valence-electron chi connectivity index (χ0n) is 18.8. The van der Waals surface area contributed by atoms with Crippen molar-refractivity contribution in [2.75, 3.05) is 10.2 Å². The van der Waals surface area contributed by atoms with Crippen LogP contribution in [0.15, 0.2) is 60.3 Å². The van der Waals surface area contributed by atoms with Crippen LogP contribution in [0.5, 0.6) is 0 Å². The summed E-state index contributed by atoms with van der Waals surface area (Å²) in [4.78, 5) is 28.6. The smallest absolute Gasteiger partial charge is 0.282 e. The molecule has 3 aromatic carbocycles. The van der Waals surface area contributed by atoms with Gasteiger partial charge in [-0.3, -0.25) is 9.59 Å². The monoisotopic (exact) mass is 444 g/mol. The van der Waals surface area contributed by atoms with Crippen LogP contribution >= 0.6 is 11.6 Å². The normalized spacial score (nSPS) is 13.9. The molecule has 0 fully saturated rings. The van der Waals surface area contributed by atoms with Crippen molar-refractivity contribution in [3.8, 4) is 0 Å². The van der Waals surface area contributed by atoms with Crippen molar-refractivity contribution in [2.45, 2.75) is 34.6 Å². The molecule has 1 aliphatic rings. The summed E-state index contributed by atoms with van der Waals surface area (Å²) < 4.78 is 0. The van der Waals surface area contributed by atoms with E-state index in [0.29, 0.717) is 16.3 Å². The third kappa shape index (κ3) is 3.82. The molecule has 4 rings (SSSR count). The van der Waals surface area contributed by atoms with Crippen LogP contribution in [-0.2, 0) is 9.59 Å². The largest absolute Gasteiger partial charge is 0.350 e. The van der Waals surface area contributed by atoms with Gasteiger partial charge in [-0.1, -0.05) is 41.4 Å². The van der Waals surface area contributed by atoms with Crippen LogP contribution in [0.25, 0.3) is 5.57 Å². The second-order valence-corrected chi connectivity index (χ2v) is 8.80. The number of halogens is 1. The third-order valence-electron chi connectivity index (χ3n) is 5.93. The molecule has 0 bridgehead atoms. The van der Waals surface area contributed by atoms with Crippen LogP contribution in [0, 0.1) is 34.6 Å². The molecule has 0 saturated carbocycles. The second-order valence-electron chi connectivity index (χ2n) is 8.37. The summed E-state index contributed by atoms with van der Waals surface area (Å²) >= 11 is 6.11. The van der Waals surface area contributed by atoms with Crippen LogP contribution in [-0.4, -0.2) is 11.8 Å². The predicted octanol–water partition coefficient (Wildman–Crippen LogP) is 6.28. The Morgan fingerprint density at radius 1 is 0.719 bits per heavy atom. The minimum atomic E-state index is -0.373. The van der Waals surface area contributed by atoms with Crippen molar-refractivity contribution in [1.82, 2.24) is 0 Å². The standard InChI is InChI=1S/C27H25ClN2O2/c1-15-6-10-22(18(4)12-15)24-25(29-23-11-8-20(28)13-19(23)5)27(32)30(26(24)31)21-9-7-16(2)17(3)14-21/h6-14,29H,1-5H3. The Hall–Kier alpha value is -3.37. The number of nitrogens with one attached hydrogen (secondary N) is 1. The first kappa shape index (κ1) is 21.8. The molecule has 32 heavy (non-hydrogen) atoms. The van der Waals surface area contributed by atoms with Crippen LogP contribution < -0.4 is 10.2 Å². The number of anilines is 2. The molecule has 0 aliphatic carbocycles. The van der Waals surface area contributed by atoms with Gasteiger partial charge < -0.3 is 5.32 Å². The van der Waals surface area contributed by atoms with Gasteiger partial charge in [0.25, 0.3) is 11.8 Å². The minimum Gasteiger partial charge on any atom is -0.350 e. The molecule has 5 heteroatoms. The van der Waals surface area contributed by atoms with E-state index in [4.69, 9.17) is 11.6 Å². The first-order valence-corrected chi connectivity index (χ1v) is 10.9. The molecule has 2 amide bonds. The summed E-state index contributed by atoms with van der Waals surface area (Å²) in [6.45, 7) is 9.84. The van der Waals surface area contributed by atoms with E-state index in [1.807, 2.05) is 83.1 Å². The number of carbonyl (C=O) groups excluding carboxylic acids is 2. The van der Waals surface area contributed by atoms with Crippen LogP contribution in [0.4, 0.5) is 11.4 Å². The number of carbonyl (C=O) groups is 2. The summed E-state index contributed by atoms with van der Waals surface area (Å²) in [7, 11) is 0. The molecule has 4 nitrogen and oxygen atoms in total. The number of hydrogen-bond acceptors (Lipinski definition) is 3. The fourth-order valence-corrected chi connectivity index (χ4v) is 4.22. The fraction of sp³-hybridized carbons (Fsp3) is 0.185. The Morgan fingerprint density at radius 3 is 2.12 bits per heavy atom. The van der Waals surface area contributed by atoms with Crippen LogP contribution in [0.1, 0.15) is 33.4 Å². The fourth-order valence-electron chi connectivity index (χ4n) is 3.99. The predicted molar refractivity (Wildman–Crippen MR) is 131 cm³/mol. The number of aryl methyl sites for hydroxylation is 5. The highest BCUT2D eigenvalue weighted by Gasteiger charge is 2.41. The molecule has 0 saturated heterocycles. The van der Waals surface area contributed by atoms with Crippen LogP contribution in [0.3, 0.4) is 0 Å². The number of imide groups is 1. The van der Waals surface area contributed by atoms with E-state index < -0.39 is 0 Å². The molecule has 1 aliphatic heterocycles. The van der Waals surface area contributed by atoms with E-state index in [1.54, 1.807) is 6.07 Å². The molecule has 1 N–H and O–H groups in total. The summed E-state index contributed by atoms with van der Waals surface area (Å²) in [5.74, 6) is -0.707. The number of amides is 2. The summed E-state index contributed by atoms with van der Waals surface area (Å²) in [6.07, 6.45) is 0. The van der Waals surface area contributed by atoms with E-state index >= 15 is 0 Å². The molecular weight excluding hydrogens is 420 g/mol. The van der Waals surface area contributed by atoms with Gasteiger partial charge in [0.15, 0.2) is 0 Å². The lowest BCUT2D eigenvalue weighted by molar-refractivity contribution is -0.120. The van der Waals surface area contributed by atoms with Gasteiger partial charge in [-0.05, 0) is 92.8 Å². The van der Waals surface area contributed by atoms with Gasteiger partial charge in [-0.15, -0.1) is 0 Å². The lowest BCUT2D eigenvalue weighted by atomic mass is 9.97. The Kier molecular flexibility index (Phi) is 5.66. The van der Waals surface area contributed by atoms with Gasteiger partial charge in [-0.25, -0.2) is 4.90 Å². The maximum absolute atomic E-state index is 13.7. The van der Waals surface area contributed by atoms with E-state index in [1.165, 1.54) is 4.90 Å². The van der Waals surface area contributed by atoms with Gasteiger partial charge in [0.05, 0.1) is 11.3 Å². The van der Waals surface area contributed by atoms with Crippen LogP contribution in [0.2, 0.25) is 5.02 Å². The first-order chi connectivity index (χ1) is 15.2. The number of nitrogens with zero attached hydrogens (tertiary/aromatic N) is 1. The molecular formula is C27H25ClN2O2.